The first-order valence-electron chi connectivity index (χ1n) is 9.24. The molecule has 32 heavy (non-hydrogen) atoms. The lowest BCUT2D eigenvalue weighted by atomic mass is 10.0. The van der Waals surface area contributed by atoms with E-state index >= 15 is 0 Å². The van der Waals surface area contributed by atoms with Crippen molar-refractivity contribution in [2.24, 2.45) is 5.73 Å². The van der Waals surface area contributed by atoms with Gasteiger partial charge in [-0.15, -0.1) is 0 Å². The maximum atomic E-state index is 13.1. The average molecular weight is 444 g/mol. The monoisotopic (exact) mass is 444 g/mol. The summed E-state index contributed by atoms with van der Waals surface area (Å²) in [6.45, 7) is 0.362. The van der Waals surface area contributed by atoms with Crippen molar-refractivity contribution in [3.05, 3.63) is 47.5 Å². The Hall–Kier alpha value is -3.98. The number of carbonyl (C=O) groups excluding carboxylic acids is 2. The third-order valence-corrected chi connectivity index (χ3v) is 4.93. The Kier molecular flexibility index (Phi) is 4.86. The van der Waals surface area contributed by atoms with Gasteiger partial charge in [0.25, 0.3) is 11.8 Å². The standard InChI is InChI=1S/C20H15F3N6O3/c1-28-8-7-19(32,18(28)31)6-5-11-3-2-4-12(9-11)29-16-13(14(27-29)15(24)30)10-25-17(26-16)20(21,22)23/h2-4,9-10,32H,7-8H2,1H3,(H2,24,30)/t19-/m0/s1. The van der Waals surface area contributed by atoms with Crippen LogP contribution in [0.3, 0.4) is 0 Å². The molecule has 1 aliphatic heterocycles. The lowest BCUT2D eigenvalue weighted by Crippen LogP contribution is -2.37. The summed E-state index contributed by atoms with van der Waals surface area (Å²) in [4.78, 5) is 32.0. The van der Waals surface area contributed by atoms with Crippen LogP contribution < -0.4 is 5.73 Å². The summed E-state index contributed by atoms with van der Waals surface area (Å²) in [5, 5.41) is 14.4. The highest BCUT2D eigenvalue weighted by molar-refractivity contribution is 6.03. The molecule has 3 N–H and O–H groups in total. The second-order valence-corrected chi connectivity index (χ2v) is 7.19. The Bertz CT molecular complexity index is 1320. The number of likely N-dealkylation sites (tertiary alicyclic amines) is 1. The minimum Gasteiger partial charge on any atom is -0.369 e. The molecule has 4 rings (SSSR count). The van der Waals surface area contributed by atoms with Gasteiger partial charge in [-0.1, -0.05) is 17.9 Å². The second kappa shape index (κ2) is 7.31. The zero-order valence-corrected chi connectivity index (χ0v) is 16.5. The second-order valence-electron chi connectivity index (χ2n) is 7.19. The molecule has 0 aliphatic carbocycles. The van der Waals surface area contributed by atoms with Gasteiger partial charge >= 0.3 is 6.18 Å². The zero-order valence-electron chi connectivity index (χ0n) is 16.5. The maximum Gasteiger partial charge on any atom is 0.451 e. The minimum atomic E-state index is -4.81. The smallest absolute Gasteiger partial charge is 0.369 e. The van der Waals surface area contributed by atoms with Gasteiger partial charge in [0.05, 0.1) is 11.1 Å². The van der Waals surface area contributed by atoms with E-state index in [1.165, 1.54) is 17.0 Å². The first-order chi connectivity index (χ1) is 15.0. The number of fused-ring (bicyclic) bond motifs is 1. The molecule has 1 aromatic carbocycles. The van der Waals surface area contributed by atoms with Gasteiger partial charge in [0.15, 0.2) is 11.3 Å². The van der Waals surface area contributed by atoms with E-state index in [1.54, 1.807) is 19.2 Å². The number of benzene rings is 1. The maximum absolute atomic E-state index is 13.1. The van der Waals surface area contributed by atoms with E-state index in [1.807, 2.05) is 0 Å². The fourth-order valence-corrected chi connectivity index (χ4v) is 3.26. The number of carbonyl (C=O) groups is 2. The molecule has 3 aromatic rings. The number of rotatable bonds is 2. The summed E-state index contributed by atoms with van der Waals surface area (Å²) in [5.41, 5.74) is 3.53. The number of primary amides is 1. The number of likely N-dealkylation sites (N-methyl/N-ethyl adjacent to an activating group) is 1. The van der Waals surface area contributed by atoms with E-state index in [4.69, 9.17) is 5.73 Å². The van der Waals surface area contributed by atoms with Crippen LogP contribution in [0.5, 0.6) is 0 Å². The van der Waals surface area contributed by atoms with Crippen molar-refractivity contribution < 1.29 is 27.9 Å². The number of aromatic nitrogens is 4. The Morgan fingerprint density at radius 2 is 2.09 bits per heavy atom. The fourth-order valence-electron chi connectivity index (χ4n) is 3.26. The minimum absolute atomic E-state index is 0.0455. The summed E-state index contributed by atoms with van der Waals surface area (Å²) in [7, 11) is 1.55. The van der Waals surface area contributed by atoms with Crippen LogP contribution >= 0.6 is 0 Å². The Morgan fingerprint density at radius 1 is 1.34 bits per heavy atom. The van der Waals surface area contributed by atoms with Gasteiger partial charge in [-0.05, 0) is 18.2 Å². The van der Waals surface area contributed by atoms with Gasteiger partial charge in [0.1, 0.15) is 0 Å². The molecule has 2 amide bonds. The predicted octanol–water partition coefficient (Wildman–Crippen LogP) is 0.878. The lowest BCUT2D eigenvalue weighted by molar-refractivity contribution is -0.144. The van der Waals surface area contributed by atoms with E-state index in [2.05, 4.69) is 26.9 Å². The van der Waals surface area contributed by atoms with E-state index in [0.717, 1.165) is 10.9 Å². The SMILES string of the molecule is CN1CC[C@@](O)(C#Cc2cccc(-n3nc(C(N)=O)c4cnc(C(F)(F)F)nc43)c2)C1=O. The molecule has 2 aromatic heterocycles. The third-order valence-electron chi connectivity index (χ3n) is 4.93. The molecule has 1 saturated heterocycles. The van der Waals surface area contributed by atoms with Crippen LogP contribution in [0.15, 0.2) is 30.5 Å². The number of hydrogen-bond acceptors (Lipinski definition) is 6. The molecule has 0 spiro atoms. The molecule has 3 heterocycles. The van der Waals surface area contributed by atoms with Crippen molar-refractivity contribution in [2.75, 3.05) is 13.6 Å². The predicted molar refractivity (Wildman–Crippen MR) is 104 cm³/mol. The fraction of sp³-hybridized carbons (Fsp3) is 0.250. The van der Waals surface area contributed by atoms with Crippen molar-refractivity contribution in [3.8, 4) is 17.5 Å². The summed E-state index contributed by atoms with van der Waals surface area (Å²) >= 11 is 0. The average Bonchev–Trinajstić information content (AvgIpc) is 3.25. The summed E-state index contributed by atoms with van der Waals surface area (Å²) in [6.07, 6.45) is -3.81. The molecule has 0 bridgehead atoms. The molecule has 0 unspecified atom stereocenters. The summed E-state index contributed by atoms with van der Waals surface area (Å²) < 4.78 is 40.3. The summed E-state index contributed by atoms with van der Waals surface area (Å²) in [5.74, 6) is 2.40. The van der Waals surface area contributed by atoms with Gasteiger partial charge in [-0.3, -0.25) is 9.59 Å². The van der Waals surface area contributed by atoms with Crippen LogP contribution in [0, 0.1) is 11.8 Å². The quantitative estimate of drug-likeness (QED) is 0.565. The van der Waals surface area contributed by atoms with E-state index < -0.39 is 29.4 Å². The number of aliphatic hydroxyl groups is 1. The van der Waals surface area contributed by atoms with Crippen LogP contribution in [0.1, 0.15) is 28.3 Å². The highest BCUT2D eigenvalue weighted by Crippen LogP contribution is 2.29. The third kappa shape index (κ3) is 3.63. The number of nitrogens with two attached hydrogens (primary N) is 1. The molecule has 164 valence electrons. The number of hydrogen-bond donors (Lipinski definition) is 2. The van der Waals surface area contributed by atoms with E-state index in [9.17, 15) is 27.9 Å². The Balaban J connectivity index is 1.81. The molecule has 1 aliphatic rings. The number of halogens is 3. The van der Waals surface area contributed by atoms with Crippen LogP contribution in [0.4, 0.5) is 13.2 Å². The topological polar surface area (TPSA) is 127 Å². The molecule has 12 heteroatoms. The van der Waals surface area contributed by atoms with Crippen LogP contribution in [-0.4, -0.2) is 60.8 Å². The molecular weight excluding hydrogens is 429 g/mol. The van der Waals surface area contributed by atoms with Crippen LogP contribution in [-0.2, 0) is 11.0 Å². The van der Waals surface area contributed by atoms with Gasteiger partial charge in [0.2, 0.25) is 11.4 Å². The van der Waals surface area contributed by atoms with Crippen molar-refractivity contribution in [1.29, 1.82) is 0 Å². The molecular formula is C20H15F3N6O3. The molecule has 0 saturated carbocycles. The van der Waals surface area contributed by atoms with E-state index in [0.29, 0.717) is 12.1 Å². The van der Waals surface area contributed by atoms with Crippen molar-refractivity contribution in [2.45, 2.75) is 18.2 Å². The van der Waals surface area contributed by atoms with Crippen LogP contribution in [0.2, 0.25) is 0 Å². The van der Waals surface area contributed by atoms with Crippen molar-refractivity contribution in [3.63, 3.8) is 0 Å². The van der Waals surface area contributed by atoms with Crippen molar-refractivity contribution >= 4 is 22.8 Å². The number of nitrogens with zero attached hydrogens (tertiary/aromatic N) is 5. The molecule has 1 fully saturated rings. The van der Waals surface area contributed by atoms with E-state index in [-0.39, 0.29) is 28.8 Å². The zero-order chi connectivity index (χ0) is 23.3. The van der Waals surface area contributed by atoms with Crippen molar-refractivity contribution in [1.82, 2.24) is 24.6 Å². The molecule has 0 radical (unpaired) electrons. The normalized spacial score (nSPS) is 18.7. The molecule has 1 atom stereocenters. The Labute approximate surface area is 178 Å². The summed E-state index contributed by atoms with van der Waals surface area (Å²) in [6, 6.07) is 6.11. The van der Waals surface area contributed by atoms with Gasteiger partial charge < -0.3 is 15.7 Å². The van der Waals surface area contributed by atoms with Gasteiger partial charge in [-0.2, -0.15) is 18.3 Å². The lowest BCUT2D eigenvalue weighted by Gasteiger charge is -2.13. The van der Waals surface area contributed by atoms with Gasteiger partial charge in [0, 0.05) is 31.8 Å². The highest BCUT2D eigenvalue weighted by atomic mass is 19.4. The first-order valence-corrected chi connectivity index (χ1v) is 9.24. The first kappa shape index (κ1) is 21.3. The highest BCUT2D eigenvalue weighted by Gasteiger charge is 2.42. The van der Waals surface area contributed by atoms with Crippen LogP contribution in [0.25, 0.3) is 16.7 Å². The largest absolute Gasteiger partial charge is 0.451 e. The number of amides is 2. The molecule has 9 nitrogen and oxygen atoms in total. The Morgan fingerprint density at radius 3 is 2.72 bits per heavy atom. The van der Waals surface area contributed by atoms with Gasteiger partial charge in [-0.25, -0.2) is 14.6 Å². The number of alkyl halides is 3.